The zero-order valence-corrected chi connectivity index (χ0v) is 11.0. The maximum atomic E-state index is 5.28. The van der Waals surface area contributed by atoms with Gasteiger partial charge in [0.25, 0.3) is 0 Å². The second kappa shape index (κ2) is 8.17. The molecule has 0 spiro atoms. The van der Waals surface area contributed by atoms with Crippen LogP contribution in [0.2, 0.25) is 0 Å². The molecule has 1 N–H and O–H groups in total. The maximum Gasteiger partial charge on any atom is 0.0630 e. The Morgan fingerprint density at radius 2 is 2.12 bits per heavy atom. The molecule has 1 aromatic heterocycles. The molecule has 0 aliphatic carbocycles. The lowest BCUT2D eigenvalue weighted by Gasteiger charge is -2.30. The van der Waals surface area contributed by atoms with Gasteiger partial charge in [-0.2, -0.15) is 0 Å². The SMILES string of the molecule is CCN(Cc1ccncc1)C(CNC)COC. The summed E-state index contributed by atoms with van der Waals surface area (Å²) >= 11 is 0. The summed E-state index contributed by atoms with van der Waals surface area (Å²) in [4.78, 5) is 6.45. The highest BCUT2D eigenvalue weighted by atomic mass is 16.5. The van der Waals surface area contributed by atoms with Crippen LogP contribution in [-0.2, 0) is 11.3 Å². The number of hydrogen-bond acceptors (Lipinski definition) is 4. The Morgan fingerprint density at radius 3 is 2.65 bits per heavy atom. The maximum absolute atomic E-state index is 5.28. The Bertz CT molecular complexity index is 286. The van der Waals surface area contributed by atoms with E-state index in [4.69, 9.17) is 4.74 Å². The molecule has 0 fully saturated rings. The Hall–Kier alpha value is -0.970. The lowest BCUT2D eigenvalue weighted by molar-refractivity contribution is 0.0889. The molecule has 1 aromatic rings. The molecule has 0 saturated heterocycles. The topological polar surface area (TPSA) is 37.4 Å². The molecule has 0 radical (unpaired) electrons. The largest absolute Gasteiger partial charge is 0.383 e. The molecule has 1 heterocycles. The molecule has 0 aliphatic rings. The first-order chi connectivity index (χ1) is 8.31. The van der Waals surface area contributed by atoms with Crippen LogP contribution >= 0.6 is 0 Å². The summed E-state index contributed by atoms with van der Waals surface area (Å²) in [6.45, 7) is 5.82. The number of likely N-dealkylation sites (N-methyl/N-ethyl adjacent to an activating group) is 2. The van der Waals surface area contributed by atoms with Crippen LogP contribution in [0.1, 0.15) is 12.5 Å². The lowest BCUT2D eigenvalue weighted by Crippen LogP contribution is -2.44. The van der Waals surface area contributed by atoms with Crippen LogP contribution in [0.5, 0.6) is 0 Å². The molecule has 17 heavy (non-hydrogen) atoms. The predicted octanol–water partition coefficient (Wildman–Crippen LogP) is 1.14. The normalized spacial score (nSPS) is 12.9. The molecular formula is C13H23N3O. The molecular weight excluding hydrogens is 214 g/mol. The van der Waals surface area contributed by atoms with Gasteiger partial charge in [-0.15, -0.1) is 0 Å². The number of nitrogens with zero attached hydrogens (tertiary/aromatic N) is 2. The van der Waals surface area contributed by atoms with Crippen LogP contribution in [0, 0.1) is 0 Å². The third-order valence-corrected chi connectivity index (χ3v) is 2.86. The predicted molar refractivity (Wildman–Crippen MR) is 69.9 cm³/mol. The molecule has 96 valence electrons. The molecule has 4 nitrogen and oxygen atoms in total. The number of aromatic nitrogens is 1. The highest BCUT2D eigenvalue weighted by molar-refractivity contribution is 5.09. The van der Waals surface area contributed by atoms with Gasteiger partial charge < -0.3 is 10.1 Å². The summed E-state index contributed by atoms with van der Waals surface area (Å²) in [5.41, 5.74) is 1.29. The summed E-state index contributed by atoms with van der Waals surface area (Å²) in [5, 5.41) is 3.22. The van der Waals surface area contributed by atoms with E-state index in [1.54, 1.807) is 7.11 Å². The molecule has 0 aliphatic heterocycles. The number of hydrogen-bond donors (Lipinski definition) is 1. The van der Waals surface area contributed by atoms with E-state index in [0.717, 1.165) is 26.2 Å². The van der Waals surface area contributed by atoms with Crippen molar-refractivity contribution in [2.45, 2.75) is 19.5 Å². The minimum Gasteiger partial charge on any atom is -0.383 e. The first-order valence-electron chi connectivity index (χ1n) is 6.08. The fraction of sp³-hybridized carbons (Fsp3) is 0.615. The van der Waals surface area contributed by atoms with Crippen LogP contribution in [0.3, 0.4) is 0 Å². The van der Waals surface area contributed by atoms with Gasteiger partial charge in [0.2, 0.25) is 0 Å². The lowest BCUT2D eigenvalue weighted by atomic mass is 10.2. The molecule has 0 aromatic carbocycles. The molecule has 0 amide bonds. The van der Waals surface area contributed by atoms with Gasteiger partial charge in [0.1, 0.15) is 0 Å². The van der Waals surface area contributed by atoms with Crippen LogP contribution in [0.15, 0.2) is 24.5 Å². The highest BCUT2D eigenvalue weighted by Gasteiger charge is 2.16. The van der Waals surface area contributed by atoms with Crippen molar-refractivity contribution in [3.63, 3.8) is 0 Å². The van der Waals surface area contributed by atoms with Gasteiger partial charge in [0, 0.05) is 38.6 Å². The van der Waals surface area contributed by atoms with Crippen LogP contribution in [-0.4, -0.2) is 49.8 Å². The second-order valence-electron chi connectivity index (χ2n) is 4.09. The van der Waals surface area contributed by atoms with E-state index in [0.29, 0.717) is 6.04 Å². The number of methoxy groups -OCH3 is 1. The van der Waals surface area contributed by atoms with Gasteiger partial charge in [0.15, 0.2) is 0 Å². The van der Waals surface area contributed by atoms with Crippen molar-refractivity contribution in [3.8, 4) is 0 Å². The summed E-state index contributed by atoms with van der Waals surface area (Å²) in [5.74, 6) is 0. The van der Waals surface area contributed by atoms with Gasteiger partial charge in [-0.3, -0.25) is 9.88 Å². The zero-order chi connectivity index (χ0) is 12.5. The quantitative estimate of drug-likeness (QED) is 0.735. The van der Waals surface area contributed by atoms with Crippen molar-refractivity contribution in [1.29, 1.82) is 0 Å². The Labute approximate surface area is 104 Å². The average Bonchev–Trinajstić information content (AvgIpc) is 2.37. The Balaban J connectivity index is 2.61. The van der Waals surface area contributed by atoms with Gasteiger partial charge >= 0.3 is 0 Å². The summed E-state index contributed by atoms with van der Waals surface area (Å²) in [6, 6.07) is 4.53. The third-order valence-electron chi connectivity index (χ3n) is 2.86. The third kappa shape index (κ3) is 4.81. The van der Waals surface area contributed by atoms with E-state index in [-0.39, 0.29) is 0 Å². The molecule has 1 rings (SSSR count). The van der Waals surface area contributed by atoms with E-state index in [2.05, 4.69) is 34.3 Å². The Kier molecular flexibility index (Phi) is 6.77. The number of nitrogens with one attached hydrogen (secondary N) is 1. The summed E-state index contributed by atoms with van der Waals surface area (Å²) < 4.78 is 5.28. The highest BCUT2D eigenvalue weighted by Crippen LogP contribution is 2.07. The minimum atomic E-state index is 0.406. The second-order valence-corrected chi connectivity index (χ2v) is 4.09. The standard InChI is InChI=1S/C13H23N3O/c1-4-16(13(9-14-2)11-17-3)10-12-5-7-15-8-6-12/h5-8,13-14H,4,9-11H2,1-3H3. The van der Waals surface area contributed by atoms with Crippen molar-refractivity contribution in [3.05, 3.63) is 30.1 Å². The van der Waals surface area contributed by atoms with Crippen LogP contribution in [0.25, 0.3) is 0 Å². The van der Waals surface area contributed by atoms with Gasteiger partial charge in [-0.25, -0.2) is 0 Å². The van der Waals surface area contributed by atoms with Crippen molar-refractivity contribution >= 4 is 0 Å². The van der Waals surface area contributed by atoms with E-state index >= 15 is 0 Å². The van der Waals surface area contributed by atoms with Crippen molar-refractivity contribution < 1.29 is 4.74 Å². The Morgan fingerprint density at radius 1 is 1.41 bits per heavy atom. The number of pyridine rings is 1. The zero-order valence-electron chi connectivity index (χ0n) is 11.0. The van der Waals surface area contributed by atoms with Crippen LogP contribution < -0.4 is 5.32 Å². The van der Waals surface area contributed by atoms with Crippen molar-refractivity contribution in [1.82, 2.24) is 15.2 Å². The molecule has 0 bridgehead atoms. The van der Waals surface area contributed by atoms with Gasteiger partial charge in [-0.05, 0) is 31.3 Å². The minimum absolute atomic E-state index is 0.406. The summed E-state index contributed by atoms with van der Waals surface area (Å²) in [7, 11) is 3.73. The number of ether oxygens (including phenoxy) is 1. The number of rotatable bonds is 8. The first kappa shape index (κ1) is 14.1. The van der Waals surface area contributed by atoms with E-state index in [1.165, 1.54) is 5.56 Å². The molecule has 0 saturated carbocycles. The van der Waals surface area contributed by atoms with Gasteiger partial charge in [0.05, 0.1) is 6.61 Å². The monoisotopic (exact) mass is 237 g/mol. The fourth-order valence-electron chi connectivity index (χ4n) is 1.94. The van der Waals surface area contributed by atoms with E-state index in [9.17, 15) is 0 Å². The van der Waals surface area contributed by atoms with E-state index in [1.807, 2.05) is 19.4 Å². The van der Waals surface area contributed by atoms with Crippen molar-refractivity contribution in [2.75, 3.05) is 33.9 Å². The van der Waals surface area contributed by atoms with Gasteiger partial charge in [-0.1, -0.05) is 6.92 Å². The smallest absolute Gasteiger partial charge is 0.0630 e. The first-order valence-corrected chi connectivity index (χ1v) is 6.08. The molecule has 1 unspecified atom stereocenters. The molecule has 4 heteroatoms. The molecule has 1 atom stereocenters. The fourth-order valence-corrected chi connectivity index (χ4v) is 1.94. The van der Waals surface area contributed by atoms with Crippen molar-refractivity contribution in [2.24, 2.45) is 0 Å². The van der Waals surface area contributed by atoms with E-state index < -0.39 is 0 Å². The average molecular weight is 237 g/mol. The van der Waals surface area contributed by atoms with Crippen LogP contribution in [0.4, 0.5) is 0 Å². The summed E-state index contributed by atoms with van der Waals surface area (Å²) in [6.07, 6.45) is 3.68.